The molecule has 2 heterocycles. The van der Waals surface area contributed by atoms with Crippen LogP contribution in [0.5, 0.6) is 5.88 Å². The van der Waals surface area contributed by atoms with E-state index in [1.165, 1.54) is 0 Å². The number of aromatic nitrogens is 1. The first-order valence-electron chi connectivity index (χ1n) is 6.84. The number of carbonyl (C=O) groups excluding carboxylic acids is 1. The number of likely N-dealkylation sites (tertiary alicyclic amines) is 1. The number of piperidine rings is 1. The van der Waals surface area contributed by atoms with Gasteiger partial charge in [0.1, 0.15) is 0 Å². The Morgan fingerprint density at radius 3 is 2.95 bits per heavy atom. The number of amides is 2. The van der Waals surface area contributed by atoms with E-state index in [0.29, 0.717) is 31.8 Å². The normalized spacial score (nSPS) is 18.1. The van der Waals surface area contributed by atoms with Crippen LogP contribution < -0.4 is 10.1 Å². The number of aliphatic carboxylic acids is 1. The standard InChI is InChI=1S/C14H19N3O4/c1-21-12-5-4-10(7-15-12)8-16-14(20)17-6-2-3-11(9-17)13(18)19/h4-5,7,11H,2-3,6,8-9H2,1H3,(H,16,20)(H,18,19). The van der Waals surface area contributed by atoms with Crippen LogP contribution in [0.3, 0.4) is 0 Å². The summed E-state index contributed by atoms with van der Waals surface area (Å²) in [6, 6.07) is 3.31. The van der Waals surface area contributed by atoms with Crippen LogP contribution in [0.25, 0.3) is 0 Å². The number of carboxylic acid groups (broad SMARTS) is 1. The average molecular weight is 293 g/mol. The van der Waals surface area contributed by atoms with Gasteiger partial charge >= 0.3 is 12.0 Å². The van der Waals surface area contributed by atoms with Crippen molar-refractivity contribution in [2.75, 3.05) is 20.2 Å². The molecule has 0 saturated carbocycles. The lowest BCUT2D eigenvalue weighted by Crippen LogP contribution is -2.46. The van der Waals surface area contributed by atoms with Crippen LogP contribution in [-0.2, 0) is 11.3 Å². The summed E-state index contributed by atoms with van der Waals surface area (Å²) in [6.45, 7) is 1.21. The molecule has 0 spiro atoms. The number of hydrogen-bond donors (Lipinski definition) is 2. The smallest absolute Gasteiger partial charge is 0.317 e. The summed E-state index contributed by atoms with van der Waals surface area (Å²) in [5, 5.41) is 11.8. The van der Waals surface area contributed by atoms with Gasteiger partial charge in [-0.25, -0.2) is 9.78 Å². The molecule has 7 heteroatoms. The molecule has 114 valence electrons. The van der Waals surface area contributed by atoms with Gasteiger partial charge in [0.25, 0.3) is 0 Å². The zero-order valence-electron chi connectivity index (χ0n) is 11.9. The third-order valence-electron chi connectivity index (χ3n) is 3.51. The van der Waals surface area contributed by atoms with E-state index in [1.54, 1.807) is 24.3 Å². The highest BCUT2D eigenvalue weighted by atomic mass is 16.5. The fourth-order valence-electron chi connectivity index (χ4n) is 2.29. The van der Waals surface area contributed by atoms with Crippen molar-refractivity contribution in [1.29, 1.82) is 0 Å². The number of pyridine rings is 1. The van der Waals surface area contributed by atoms with Crippen LogP contribution in [-0.4, -0.2) is 47.2 Å². The highest BCUT2D eigenvalue weighted by Crippen LogP contribution is 2.16. The SMILES string of the molecule is COc1ccc(CNC(=O)N2CCCC(C(=O)O)C2)cn1. The fourth-order valence-corrected chi connectivity index (χ4v) is 2.29. The molecule has 7 nitrogen and oxygen atoms in total. The molecule has 0 aliphatic carbocycles. The van der Waals surface area contributed by atoms with Gasteiger partial charge in [0, 0.05) is 31.9 Å². The quantitative estimate of drug-likeness (QED) is 0.867. The topological polar surface area (TPSA) is 91.8 Å². The second kappa shape index (κ2) is 6.92. The maximum atomic E-state index is 12.0. The average Bonchev–Trinajstić information content (AvgIpc) is 2.53. The Bertz CT molecular complexity index is 503. The highest BCUT2D eigenvalue weighted by Gasteiger charge is 2.27. The van der Waals surface area contributed by atoms with Crippen molar-refractivity contribution < 1.29 is 19.4 Å². The molecule has 0 bridgehead atoms. The van der Waals surface area contributed by atoms with Crippen LogP contribution >= 0.6 is 0 Å². The summed E-state index contributed by atoms with van der Waals surface area (Å²) in [7, 11) is 1.54. The van der Waals surface area contributed by atoms with Gasteiger partial charge < -0.3 is 20.1 Å². The molecular weight excluding hydrogens is 274 g/mol. The van der Waals surface area contributed by atoms with E-state index in [4.69, 9.17) is 9.84 Å². The minimum Gasteiger partial charge on any atom is -0.481 e. The molecular formula is C14H19N3O4. The van der Waals surface area contributed by atoms with Crippen molar-refractivity contribution in [1.82, 2.24) is 15.2 Å². The fraction of sp³-hybridized carbons (Fsp3) is 0.500. The van der Waals surface area contributed by atoms with Crippen LogP contribution in [0.1, 0.15) is 18.4 Å². The lowest BCUT2D eigenvalue weighted by atomic mass is 9.99. The Balaban J connectivity index is 1.84. The number of hydrogen-bond acceptors (Lipinski definition) is 4. The van der Waals surface area contributed by atoms with Crippen molar-refractivity contribution in [2.45, 2.75) is 19.4 Å². The van der Waals surface area contributed by atoms with Gasteiger partial charge in [-0.2, -0.15) is 0 Å². The van der Waals surface area contributed by atoms with Crippen molar-refractivity contribution in [3.63, 3.8) is 0 Å². The van der Waals surface area contributed by atoms with Gasteiger partial charge in [0.15, 0.2) is 0 Å². The van der Waals surface area contributed by atoms with Crippen molar-refractivity contribution >= 4 is 12.0 Å². The summed E-state index contributed by atoms with van der Waals surface area (Å²) in [5.41, 5.74) is 0.857. The number of nitrogens with one attached hydrogen (secondary N) is 1. The first kappa shape index (κ1) is 15.1. The van der Waals surface area contributed by atoms with Gasteiger partial charge in [-0.15, -0.1) is 0 Å². The predicted molar refractivity (Wildman–Crippen MR) is 75.0 cm³/mol. The minimum atomic E-state index is -0.841. The zero-order valence-corrected chi connectivity index (χ0v) is 11.9. The first-order chi connectivity index (χ1) is 10.1. The molecule has 1 aliphatic heterocycles. The van der Waals surface area contributed by atoms with Gasteiger partial charge in [-0.3, -0.25) is 4.79 Å². The lowest BCUT2D eigenvalue weighted by Gasteiger charge is -2.30. The molecule has 0 aromatic carbocycles. The number of rotatable bonds is 4. The lowest BCUT2D eigenvalue weighted by molar-refractivity contribution is -0.143. The zero-order chi connectivity index (χ0) is 15.2. The molecule has 0 radical (unpaired) electrons. The number of carboxylic acids is 1. The summed E-state index contributed by atoms with van der Waals surface area (Å²) in [4.78, 5) is 28.6. The Morgan fingerprint density at radius 1 is 1.52 bits per heavy atom. The van der Waals surface area contributed by atoms with Gasteiger partial charge in [-0.05, 0) is 18.4 Å². The predicted octanol–water partition coefficient (Wildman–Crippen LogP) is 1.10. The highest BCUT2D eigenvalue weighted by molar-refractivity contribution is 5.76. The second-order valence-corrected chi connectivity index (χ2v) is 4.99. The third kappa shape index (κ3) is 4.08. The van der Waals surface area contributed by atoms with Gasteiger partial charge in [0.2, 0.25) is 5.88 Å². The minimum absolute atomic E-state index is 0.239. The molecule has 1 unspecified atom stereocenters. The third-order valence-corrected chi connectivity index (χ3v) is 3.51. The Hall–Kier alpha value is -2.31. The molecule has 1 saturated heterocycles. The molecule has 1 atom stereocenters. The second-order valence-electron chi connectivity index (χ2n) is 4.99. The Labute approximate surface area is 122 Å². The summed E-state index contributed by atoms with van der Waals surface area (Å²) in [5.74, 6) is -0.788. The maximum Gasteiger partial charge on any atom is 0.317 e. The summed E-state index contributed by atoms with van der Waals surface area (Å²) >= 11 is 0. The van der Waals surface area contributed by atoms with Crippen molar-refractivity contribution in [2.24, 2.45) is 5.92 Å². The van der Waals surface area contributed by atoms with Crippen LogP contribution in [0.4, 0.5) is 4.79 Å². The van der Waals surface area contributed by atoms with Crippen molar-refractivity contribution in [3.8, 4) is 5.88 Å². The molecule has 2 N–H and O–H groups in total. The van der Waals surface area contributed by atoms with E-state index in [2.05, 4.69) is 10.3 Å². The summed E-state index contributed by atoms with van der Waals surface area (Å²) in [6.07, 6.45) is 2.98. The van der Waals surface area contributed by atoms with E-state index in [9.17, 15) is 9.59 Å². The largest absolute Gasteiger partial charge is 0.481 e. The van der Waals surface area contributed by atoms with E-state index in [-0.39, 0.29) is 12.6 Å². The van der Waals surface area contributed by atoms with E-state index < -0.39 is 11.9 Å². The van der Waals surface area contributed by atoms with Crippen molar-refractivity contribution in [3.05, 3.63) is 23.9 Å². The number of methoxy groups -OCH3 is 1. The van der Waals surface area contributed by atoms with Crippen LogP contribution in [0.2, 0.25) is 0 Å². The van der Waals surface area contributed by atoms with Gasteiger partial charge in [-0.1, -0.05) is 6.07 Å². The van der Waals surface area contributed by atoms with E-state index in [0.717, 1.165) is 5.56 Å². The molecule has 1 aromatic heterocycles. The molecule has 1 aromatic rings. The number of urea groups is 1. The Kier molecular flexibility index (Phi) is 4.97. The first-order valence-corrected chi connectivity index (χ1v) is 6.84. The monoisotopic (exact) mass is 293 g/mol. The van der Waals surface area contributed by atoms with Crippen LogP contribution in [0, 0.1) is 5.92 Å². The number of nitrogens with zero attached hydrogens (tertiary/aromatic N) is 2. The van der Waals surface area contributed by atoms with Gasteiger partial charge in [0.05, 0.1) is 13.0 Å². The summed E-state index contributed by atoms with van der Waals surface area (Å²) < 4.78 is 4.96. The van der Waals surface area contributed by atoms with E-state index in [1.807, 2.05) is 6.07 Å². The molecule has 21 heavy (non-hydrogen) atoms. The van der Waals surface area contributed by atoms with Crippen LogP contribution in [0.15, 0.2) is 18.3 Å². The number of carbonyl (C=O) groups is 2. The maximum absolute atomic E-state index is 12.0. The van der Waals surface area contributed by atoms with E-state index >= 15 is 0 Å². The molecule has 1 fully saturated rings. The number of ether oxygens (including phenoxy) is 1. The molecule has 1 aliphatic rings. The molecule has 2 rings (SSSR count). The Morgan fingerprint density at radius 2 is 2.33 bits per heavy atom. The molecule has 2 amide bonds.